The smallest absolute Gasteiger partial charge is 0.165 e. The molecule has 4 unspecified atom stereocenters. The zero-order chi connectivity index (χ0) is 17.9. The number of benzene rings is 1. The second-order valence-corrected chi connectivity index (χ2v) is 9.45. The highest BCUT2D eigenvalue weighted by Crippen LogP contribution is 2.60. The molecule has 1 N–H and O–H groups in total. The van der Waals surface area contributed by atoms with Crippen LogP contribution < -0.4 is 0 Å². The molecule has 2 saturated carbocycles. The Hall–Kier alpha value is -1.87. The molecule has 134 valence electrons. The molecule has 0 aliphatic heterocycles. The number of allylic oxidation sites excluding steroid dienone is 1. The van der Waals surface area contributed by atoms with Crippen molar-refractivity contribution < 1.29 is 9.90 Å². The molecule has 0 saturated heterocycles. The minimum atomic E-state index is -0.182. The van der Waals surface area contributed by atoms with Crippen molar-refractivity contribution in [3.8, 4) is 5.75 Å². The van der Waals surface area contributed by atoms with Gasteiger partial charge in [-0.2, -0.15) is 0 Å². The van der Waals surface area contributed by atoms with Gasteiger partial charge in [0.2, 0.25) is 0 Å². The summed E-state index contributed by atoms with van der Waals surface area (Å²) in [4.78, 5) is 14.4. The topological polar surface area (TPSA) is 37.3 Å². The lowest BCUT2D eigenvalue weighted by molar-refractivity contribution is -0.127. The molecule has 2 fully saturated rings. The largest absolute Gasteiger partial charge is 0.508 e. The lowest BCUT2D eigenvalue weighted by Crippen LogP contribution is -2.42. The number of fused-ring (bicyclic) bond motifs is 5. The molecule has 3 aliphatic rings. The predicted molar refractivity (Wildman–Crippen MR) is 105 cm³/mol. The second-order valence-electron chi connectivity index (χ2n) is 8.47. The lowest BCUT2D eigenvalue weighted by Gasteiger charge is -2.48. The van der Waals surface area contributed by atoms with Crippen molar-refractivity contribution in [1.82, 2.24) is 0 Å². The maximum Gasteiger partial charge on any atom is 0.165 e. The molecule has 0 amide bonds. The number of thiophene rings is 1. The van der Waals surface area contributed by atoms with Gasteiger partial charge in [-0.05, 0) is 96.2 Å². The molecule has 2 aromatic rings. The summed E-state index contributed by atoms with van der Waals surface area (Å²) in [6.07, 6.45) is 7.31. The average Bonchev–Trinajstić information content (AvgIpc) is 3.23. The summed E-state index contributed by atoms with van der Waals surface area (Å²) in [6, 6.07) is 10.1. The van der Waals surface area contributed by atoms with Crippen LogP contribution in [0.25, 0.3) is 6.08 Å². The maximum absolute atomic E-state index is 13.3. The van der Waals surface area contributed by atoms with Crippen molar-refractivity contribution in [2.45, 2.75) is 44.9 Å². The summed E-state index contributed by atoms with van der Waals surface area (Å²) >= 11 is 1.71. The Morgan fingerprint density at radius 3 is 2.96 bits per heavy atom. The fourth-order valence-corrected chi connectivity index (χ4v) is 6.60. The van der Waals surface area contributed by atoms with Crippen molar-refractivity contribution >= 4 is 23.2 Å². The molecule has 1 aromatic heterocycles. The van der Waals surface area contributed by atoms with E-state index in [4.69, 9.17) is 0 Å². The van der Waals surface area contributed by atoms with Gasteiger partial charge in [-0.3, -0.25) is 4.79 Å². The van der Waals surface area contributed by atoms with E-state index >= 15 is 0 Å². The number of Topliss-reactive ketones (excluding diaryl/α,β-unsaturated/α-hetero) is 1. The number of aromatic hydroxyl groups is 1. The first-order valence-corrected chi connectivity index (χ1v) is 10.5. The van der Waals surface area contributed by atoms with E-state index < -0.39 is 0 Å². The molecule has 3 heteroatoms. The van der Waals surface area contributed by atoms with Crippen LogP contribution in [0.2, 0.25) is 0 Å². The summed E-state index contributed by atoms with van der Waals surface area (Å²) in [5.41, 5.74) is 3.59. The number of hydrogen-bond acceptors (Lipinski definition) is 3. The van der Waals surface area contributed by atoms with Crippen molar-refractivity contribution in [1.29, 1.82) is 0 Å². The molecular formula is C23H24O2S. The molecule has 5 rings (SSSR count). The van der Waals surface area contributed by atoms with Crippen LogP contribution in [0, 0.1) is 17.3 Å². The van der Waals surface area contributed by atoms with Crippen molar-refractivity contribution in [2.75, 3.05) is 0 Å². The Kier molecular flexibility index (Phi) is 3.65. The monoisotopic (exact) mass is 364 g/mol. The Balaban J connectivity index is 1.51. The summed E-state index contributed by atoms with van der Waals surface area (Å²) in [5.74, 6) is 2.36. The summed E-state index contributed by atoms with van der Waals surface area (Å²) in [6.45, 7) is 2.22. The van der Waals surface area contributed by atoms with Crippen LogP contribution in [0.4, 0.5) is 0 Å². The number of carbonyl (C=O) groups excluding carboxylic acids is 1. The average molecular weight is 365 g/mol. The molecule has 0 bridgehead atoms. The highest BCUT2D eigenvalue weighted by atomic mass is 32.1. The number of aryl methyl sites for hydroxylation is 1. The molecule has 0 spiro atoms. The van der Waals surface area contributed by atoms with E-state index in [1.165, 1.54) is 16.0 Å². The summed E-state index contributed by atoms with van der Waals surface area (Å²) in [5, 5.41) is 11.9. The maximum atomic E-state index is 13.3. The molecule has 26 heavy (non-hydrogen) atoms. The number of hydrogen-bond donors (Lipinski definition) is 1. The van der Waals surface area contributed by atoms with Crippen LogP contribution in [0.1, 0.15) is 54.5 Å². The number of carbonyl (C=O) groups is 1. The SMILES string of the molecule is CC12CCC3c4ccc(O)cc4CCC3C1CC(=Cc1cccs1)C2=O. The molecule has 4 atom stereocenters. The number of rotatable bonds is 1. The van der Waals surface area contributed by atoms with Gasteiger partial charge in [-0.1, -0.05) is 19.1 Å². The van der Waals surface area contributed by atoms with E-state index in [0.717, 1.165) is 37.7 Å². The van der Waals surface area contributed by atoms with Gasteiger partial charge in [0.15, 0.2) is 5.78 Å². The van der Waals surface area contributed by atoms with Crippen LogP contribution in [0.5, 0.6) is 5.75 Å². The van der Waals surface area contributed by atoms with E-state index in [0.29, 0.717) is 29.3 Å². The molecule has 3 aliphatic carbocycles. The van der Waals surface area contributed by atoms with E-state index in [2.05, 4.69) is 36.6 Å². The van der Waals surface area contributed by atoms with E-state index in [1.807, 2.05) is 12.1 Å². The van der Waals surface area contributed by atoms with Crippen molar-refractivity contribution in [2.24, 2.45) is 17.3 Å². The number of ketones is 1. The van der Waals surface area contributed by atoms with Gasteiger partial charge in [0, 0.05) is 10.3 Å². The third-order valence-corrected chi connectivity index (χ3v) is 8.03. The molecule has 1 heterocycles. The first-order valence-electron chi connectivity index (χ1n) is 9.67. The van der Waals surface area contributed by atoms with E-state index in [9.17, 15) is 9.90 Å². The first kappa shape index (κ1) is 16.3. The third-order valence-electron chi connectivity index (χ3n) is 7.21. The Morgan fingerprint density at radius 2 is 2.15 bits per heavy atom. The van der Waals surface area contributed by atoms with Gasteiger partial charge < -0.3 is 5.11 Å². The van der Waals surface area contributed by atoms with Crippen LogP contribution >= 0.6 is 11.3 Å². The van der Waals surface area contributed by atoms with Gasteiger partial charge in [0.25, 0.3) is 0 Å². The first-order chi connectivity index (χ1) is 12.6. The zero-order valence-electron chi connectivity index (χ0n) is 15.1. The Morgan fingerprint density at radius 1 is 1.27 bits per heavy atom. The fourth-order valence-electron chi connectivity index (χ4n) is 5.91. The highest BCUT2D eigenvalue weighted by Gasteiger charge is 2.56. The standard InChI is InChI=1S/C23H24O2S/c1-23-9-8-19-18-7-5-16(24)11-14(18)4-6-20(19)21(23)13-15(22(23)25)12-17-3-2-10-26-17/h2-3,5,7,10-12,19-21,24H,4,6,8-9,13H2,1H3. The lowest BCUT2D eigenvalue weighted by atomic mass is 9.55. The fraction of sp³-hybridized carbons (Fsp3) is 0.435. The van der Waals surface area contributed by atoms with Crippen molar-refractivity contribution in [3.63, 3.8) is 0 Å². The van der Waals surface area contributed by atoms with Crippen molar-refractivity contribution in [3.05, 3.63) is 57.3 Å². The normalized spacial score (nSPS) is 34.4. The minimum absolute atomic E-state index is 0.182. The molecular weight excluding hydrogens is 340 g/mol. The molecule has 2 nitrogen and oxygen atoms in total. The molecule has 0 radical (unpaired) electrons. The number of phenolic OH excluding ortho intramolecular Hbond substituents is 1. The van der Waals surface area contributed by atoms with Crippen LogP contribution in [-0.4, -0.2) is 10.9 Å². The Labute approximate surface area is 158 Å². The summed E-state index contributed by atoms with van der Waals surface area (Å²) < 4.78 is 0. The summed E-state index contributed by atoms with van der Waals surface area (Å²) in [7, 11) is 0. The van der Waals surface area contributed by atoms with Gasteiger partial charge in [0.1, 0.15) is 5.75 Å². The number of phenols is 1. The van der Waals surface area contributed by atoms with Gasteiger partial charge in [0.05, 0.1) is 0 Å². The van der Waals surface area contributed by atoms with Gasteiger partial charge >= 0.3 is 0 Å². The second kappa shape index (κ2) is 5.82. The van der Waals surface area contributed by atoms with E-state index in [-0.39, 0.29) is 5.41 Å². The third kappa shape index (κ3) is 2.33. The predicted octanol–water partition coefficient (Wildman–Crippen LogP) is 5.57. The van der Waals surface area contributed by atoms with E-state index in [1.54, 1.807) is 11.3 Å². The quantitative estimate of drug-likeness (QED) is 0.672. The Bertz CT molecular complexity index is 895. The van der Waals surface area contributed by atoms with Crippen LogP contribution in [0.15, 0.2) is 41.3 Å². The minimum Gasteiger partial charge on any atom is -0.508 e. The zero-order valence-corrected chi connectivity index (χ0v) is 15.9. The highest BCUT2D eigenvalue weighted by molar-refractivity contribution is 7.10. The molecule has 1 aromatic carbocycles. The van der Waals surface area contributed by atoms with Gasteiger partial charge in [-0.15, -0.1) is 11.3 Å². The van der Waals surface area contributed by atoms with Gasteiger partial charge in [-0.25, -0.2) is 0 Å². The van der Waals surface area contributed by atoms with Crippen LogP contribution in [-0.2, 0) is 11.2 Å². The van der Waals surface area contributed by atoms with Crippen LogP contribution in [0.3, 0.4) is 0 Å².